The fourth-order valence-electron chi connectivity index (χ4n) is 2.39. The molecule has 0 saturated carbocycles. The molecule has 0 saturated heterocycles. The number of carbonyl (C=O) groups is 1. The summed E-state index contributed by atoms with van der Waals surface area (Å²) < 4.78 is 11.1. The minimum atomic E-state index is -0.578. The van der Waals surface area contributed by atoms with E-state index in [1.807, 2.05) is 36.4 Å². The monoisotopic (exact) mass is 345 g/mol. The third kappa shape index (κ3) is 6.10. The zero-order valence-electron chi connectivity index (χ0n) is 13.9. The molecule has 0 radical (unpaired) electrons. The maximum Gasteiger partial charge on any atom is 0.412 e. The van der Waals surface area contributed by atoms with Gasteiger partial charge in [-0.25, -0.2) is 4.79 Å². The Morgan fingerprint density at radius 1 is 1.00 bits per heavy atom. The lowest BCUT2D eigenvalue weighted by molar-refractivity contribution is 0.0964. The summed E-state index contributed by atoms with van der Waals surface area (Å²) in [5.74, 6) is 0.548. The first-order valence-electron chi connectivity index (χ1n) is 8.20. The van der Waals surface area contributed by atoms with Crippen LogP contribution in [-0.4, -0.2) is 36.1 Å². The van der Waals surface area contributed by atoms with Crippen molar-refractivity contribution in [1.82, 2.24) is 0 Å². The second kappa shape index (κ2) is 10.3. The average Bonchev–Trinajstić information content (AvgIpc) is 2.64. The maximum atomic E-state index is 12.2. The normalized spacial score (nSPS) is 11.6. The average molecular weight is 345 g/mol. The molecular formula is C19H23NO5. The van der Waals surface area contributed by atoms with Crippen LogP contribution in [0.2, 0.25) is 0 Å². The molecule has 0 unspecified atom stereocenters. The molecule has 1 atom stereocenters. The topological polar surface area (TPSA) is 88.0 Å². The van der Waals surface area contributed by atoms with Crippen molar-refractivity contribution < 1.29 is 24.5 Å². The Morgan fingerprint density at radius 2 is 1.72 bits per heavy atom. The number of amides is 1. The lowest BCUT2D eigenvalue weighted by Crippen LogP contribution is -2.18. The number of benzene rings is 2. The first kappa shape index (κ1) is 18.8. The molecule has 6 heteroatoms. The van der Waals surface area contributed by atoms with Gasteiger partial charge in [0.05, 0.1) is 6.61 Å². The van der Waals surface area contributed by atoms with E-state index in [0.29, 0.717) is 29.8 Å². The number of hydrogen-bond donors (Lipinski definition) is 3. The van der Waals surface area contributed by atoms with Gasteiger partial charge < -0.3 is 19.7 Å². The van der Waals surface area contributed by atoms with Crippen LogP contribution >= 0.6 is 0 Å². The summed E-state index contributed by atoms with van der Waals surface area (Å²) >= 11 is 0. The maximum absolute atomic E-state index is 12.2. The molecule has 1 amide bonds. The van der Waals surface area contributed by atoms with Crippen LogP contribution in [0, 0.1) is 0 Å². The molecule has 0 aliphatic carbocycles. The first-order chi connectivity index (χ1) is 12.2. The minimum absolute atomic E-state index is 0.000170. The summed E-state index contributed by atoms with van der Waals surface area (Å²) in [6.07, 6.45) is -0.201. The Bertz CT molecular complexity index is 647. The second-order valence-electron chi connectivity index (χ2n) is 5.36. The predicted octanol–water partition coefficient (Wildman–Crippen LogP) is 3.12. The van der Waals surface area contributed by atoms with E-state index in [0.717, 1.165) is 0 Å². The standard InChI is InChI=1S/C19H23NO5/c21-12-6-11-18(16-9-4-5-10-17(16)24-14-13-22)25-19(23)20-15-7-2-1-3-8-15/h1-5,7-10,18,21-22H,6,11-14H2,(H,20,23)/t18-/m1/s1. The number of nitrogens with one attached hydrogen (secondary N) is 1. The van der Waals surface area contributed by atoms with Crippen LogP contribution in [0.1, 0.15) is 24.5 Å². The largest absolute Gasteiger partial charge is 0.491 e. The molecule has 2 aromatic rings. The van der Waals surface area contributed by atoms with Crippen molar-refractivity contribution >= 4 is 11.8 Å². The van der Waals surface area contributed by atoms with E-state index in [1.54, 1.807) is 18.2 Å². The van der Waals surface area contributed by atoms with E-state index < -0.39 is 12.2 Å². The highest BCUT2D eigenvalue weighted by Gasteiger charge is 2.20. The molecule has 0 bridgehead atoms. The van der Waals surface area contributed by atoms with E-state index in [-0.39, 0.29) is 19.8 Å². The number of hydrogen-bond acceptors (Lipinski definition) is 5. The van der Waals surface area contributed by atoms with E-state index in [1.165, 1.54) is 0 Å². The molecule has 0 heterocycles. The highest BCUT2D eigenvalue weighted by atomic mass is 16.6. The lowest BCUT2D eigenvalue weighted by atomic mass is 10.0. The number of carbonyl (C=O) groups excluding carboxylic acids is 1. The molecule has 2 aromatic carbocycles. The summed E-state index contributed by atoms with van der Waals surface area (Å²) in [5, 5.41) is 20.8. The van der Waals surface area contributed by atoms with Crippen LogP contribution in [0.15, 0.2) is 54.6 Å². The van der Waals surface area contributed by atoms with Crippen LogP contribution in [0.3, 0.4) is 0 Å². The van der Waals surface area contributed by atoms with E-state index >= 15 is 0 Å². The van der Waals surface area contributed by atoms with Gasteiger partial charge in [-0.2, -0.15) is 0 Å². The Morgan fingerprint density at radius 3 is 2.44 bits per heavy atom. The number of aliphatic hydroxyl groups excluding tert-OH is 2. The van der Waals surface area contributed by atoms with Crippen molar-refractivity contribution in [3.63, 3.8) is 0 Å². The van der Waals surface area contributed by atoms with Crippen LogP contribution < -0.4 is 10.1 Å². The van der Waals surface area contributed by atoms with Gasteiger partial charge in [0.25, 0.3) is 0 Å². The SMILES string of the molecule is O=C(Nc1ccccc1)O[C@H](CCCO)c1ccccc1OCCO. The van der Waals surface area contributed by atoms with E-state index in [2.05, 4.69) is 5.32 Å². The molecule has 6 nitrogen and oxygen atoms in total. The molecule has 3 N–H and O–H groups in total. The predicted molar refractivity (Wildman–Crippen MR) is 94.6 cm³/mol. The van der Waals surface area contributed by atoms with E-state index in [4.69, 9.17) is 19.7 Å². The number of aliphatic hydroxyl groups is 2. The van der Waals surface area contributed by atoms with Crippen LogP contribution in [-0.2, 0) is 4.74 Å². The third-order valence-electron chi connectivity index (χ3n) is 3.51. The van der Waals surface area contributed by atoms with Crippen molar-refractivity contribution in [3.05, 3.63) is 60.2 Å². The van der Waals surface area contributed by atoms with Gasteiger partial charge in [0.2, 0.25) is 0 Å². The number of ether oxygens (including phenoxy) is 2. The van der Waals surface area contributed by atoms with Crippen molar-refractivity contribution in [2.75, 3.05) is 25.1 Å². The highest BCUT2D eigenvalue weighted by molar-refractivity contribution is 5.84. The number of para-hydroxylation sites is 2. The molecule has 134 valence electrons. The molecular weight excluding hydrogens is 322 g/mol. The number of anilines is 1. The smallest absolute Gasteiger partial charge is 0.412 e. The third-order valence-corrected chi connectivity index (χ3v) is 3.51. The summed E-state index contributed by atoms with van der Waals surface area (Å²) in [6, 6.07) is 16.2. The van der Waals surface area contributed by atoms with E-state index in [9.17, 15) is 4.79 Å². The van der Waals surface area contributed by atoms with Gasteiger partial charge in [-0.1, -0.05) is 36.4 Å². The van der Waals surface area contributed by atoms with Crippen LogP contribution in [0.5, 0.6) is 5.75 Å². The molecule has 25 heavy (non-hydrogen) atoms. The molecule has 0 aliphatic heterocycles. The Balaban J connectivity index is 2.11. The van der Waals surface area contributed by atoms with Gasteiger partial charge in [0.1, 0.15) is 18.5 Å². The summed E-state index contributed by atoms with van der Waals surface area (Å²) in [4.78, 5) is 12.2. The highest BCUT2D eigenvalue weighted by Crippen LogP contribution is 2.31. The quantitative estimate of drug-likeness (QED) is 0.650. The molecule has 2 rings (SSSR count). The molecule has 0 aliphatic rings. The zero-order chi connectivity index (χ0) is 17.9. The first-order valence-corrected chi connectivity index (χ1v) is 8.20. The van der Waals surface area contributed by atoms with Crippen molar-refractivity contribution in [2.24, 2.45) is 0 Å². The summed E-state index contributed by atoms with van der Waals surface area (Å²) in [6.45, 7) is 0.0464. The van der Waals surface area contributed by atoms with Gasteiger partial charge in [-0.3, -0.25) is 5.32 Å². The van der Waals surface area contributed by atoms with Gasteiger partial charge in [-0.15, -0.1) is 0 Å². The Hall–Kier alpha value is -2.57. The van der Waals surface area contributed by atoms with Gasteiger partial charge in [-0.05, 0) is 31.0 Å². The van der Waals surface area contributed by atoms with Gasteiger partial charge in [0, 0.05) is 17.9 Å². The molecule has 0 spiro atoms. The zero-order valence-corrected chi connectivity index (χ0v) is 13.9. The summed E-state index contributed by atoms with van der Waals surface area (Å²) in [5.41, 5.74) is 1.34. The molecule has 0 aromatic heterocycles. The fourth-order valence-corrected chi connectivity index (χ4v) is 2.39. The fraction of sp³-hybridized carbons (Fsp3) is 0.316. The van der Waals surface area contributed by atoms with Gasteiger partial charge >= 0.3 is 6.09 Å². The van der Waals surface area contributed by atoms with Gasteiger partial charge in [0.15, 0.2) is 0 Å². The minimum Gasteiger partial charge on any atom is -0.491 e. The lowest BCUT2D eigenvalue weighted by Gasteiger charge is -2.21. The molecule has 0 fully saturated rings. The summed E-state index contributed by atoms with van der Waals surface area (Å²) in [7, 11) is 0. The van der Waals surface area contributed by atoms with Crippen molar-refractivity contribution in [2.45, 2.75) is 18.9 Å². The van der Waals surface area contributed by atoms with Crippen LogP contribution in [0.4, 0.5) is 10.5 Å². The number of rotatable bonds is 9. The Labute approximate surface area is 147 Å². The van der Waals surface area contributed by atoms with Crippen molar-refractivity contribution in [3.8, 4) is 5.75 Å². The Kier molecular flexibility index (Phi) is 7.75. The second-order valence-corrected chi connectivity index (χ2v) is 5.36. The van der Waals surface area contributed by atoms with Crippen LogP contribution in [0.25, 0.3) is 0 Å². The van der Waals surface area contributed by atoms with Crippen molar-refractivity contribution in [1.29, 1.82) is 0 Å².